The summed E-state index contributed by atoms with van der Waals surface area (Å²) in [7, 11) is -5.87. The number of pyridine rings is 1. The Labute approximate surface area is 169 Å². The summed E-state index contributed by atoms with van der Waals surface area (Å²) >= 11 is 6.06. The number of para-hydroxylation sites is 1. The molecule has 0 N–H and O–H groups in total. The third-order valence-corrected chi connectivity index (χ3v) is 5.77. The maximum absolute atomic E-state index is 12.9. The van der Waals surface area contributed by atoms with Gasteiger partial charge in [-0.2, -0.15) is 21.6 Å². The van der Waals surface area contributed by atoms with Crippen molar-refractivity contribution in [2.75, 3.05) is 11.4 Å². The maximum atomic E-state index is 12.9. The van der Waals surface area contributed by atoms with E-state index in [0.717, 1.165) is 12.0 Å². The summed E-state index contributed by atoms with van der Waals surface area (Å²) in [6, 6.07) is 13.5. The minimum absolute atomic E-state index is 0.139. The number of halogens is 4. The Hall–Kier alpha value is -2.52. The van der Waals surface area contributed by atoms with Gasteiger partial charge in [-0.25, -0.2) is 4.98 Å². The van der Waals surface area contributed by atoms with Crippen molar-refractivity contribution in [2.24, 2.45) is 0 Å². The Kier molecular flexibility index (Phi) is 4.82. The topological polar surface area (TPSA) is 59.5 Å². The molecule has 4 rings (SSSR count). The molecule has 0 radical (unpaired) electrons. The van der Waals surface area contributed by atoms with Crippen molar-refractivity contribution in [2.45, 2.75) is 18.3 Å². The predicted octanol–water partition coefficient (Wildman–Crippen LogP) is 5.20. The molecule has 2 heterocycles. The summed E-state index contributed by atoms with van der Waals surface area (Å²) in [6.45, 7) is 0.455. The van der Waals surface area contributed by atoms with Gasteiger partial charge >= 0.3 is 15.6 Å². The molecular weight excluding hydrogens is 429 g/mol. The van der Waals surface area contributed by atoms with Crippen molar-refractivity contribution >= 4 is 44.0 Å². The van der Waals surface area contributed by atoms with Gasteiger partial charge in [0.05, 0.1) is 5.52 Å². The number of nitrogens with zero attached hydrogens (tertiary/aromatic N) is 2. The lowest BCUT2D eigenvalue weighted by atomic mass is 10.0. The molecule has 0 spiro atoms. The molecule has 0 bridgehead atoms. The Morgan fingerprint density at radius 1 is 1.07 bits per heavy atom. The first-order valence-corrected chi connectivity index (χ1v) is 10.4. The van der Waals surface area contributed by atoms with Crippen LogP contribution in [0.5, 0.6) is 5.88 Å². The van der Waals surface area contributed by atoms with E-state index in [0.29, 0.717) is 34.6 Å². The molecule has 1 aromatic heterocycles. The van der Waals surface area contributed by atoms with Crippen LogP contribution in [0.4, 0.5) is 24.5 Å². The molecule has 5 nitrogen and oxygen atoms in total. The summed E-state index contributed by atoms with van der Waals surface area (Å²) in [5.41, 5.74) is -3.49. The van der Waals surface area contributed by atoms with Crippen LogP contribution in [0.15, 0.2) is 48.5 Å². The number of aromatic nitrogens is 1. The number of rotatable bonds is 3. The van der Waals surface area contributed by atoms with E-state index >= 15 is 0 Å². The first-order valence-electron chi connectivity index (χ1n) is 8.62. The third kappa shape index (κ3) is 3.72. The molecule has 0 unspecified atom stereocenters. The summed E-state index contributed by atoms with van der Waals surface area (Å²) in [5, 5.41) is 1.18. The minimum atomic E-state index is -5.87. The number of benzene rings is 2. The maximum Gasteiger partial charge on any atom is 0.534 e. The summed E-state index contributed by atoms with van der Waals surface area (Å²) in [5.74, 6) is -0.621. The monoisotopic (exact) mass is 442 g/mol. The first kappa shape index (κ1) is 19.8. The first-order chi connectivity index (χ1) is 13.7. The molecular formula is C19H14ClF3N2O3S. The van der Waals surface area contributed by atoms with Gasteiger partial charge in [-0.3, -0.25) is 0 Å². The van der Waals surface area contributed by atoms with Crippen LogP contribution in [-0.2, 0) is 16.5 Å². The highest BCUT2D eigenvalue weighted by Crippen LogP contribution is 2.41. The average Bonchev–Trinajstić information content (AvgIpc) is 2.65. The van der Waals surface area contributed by atoms with Crippen LogP contribution < -0.4 is 9.08 Å². The number of fused-ring (bicyclic) bond motifs is 2. The molecule has 1 aliphatic rings. The lowest BCUT2D eigenvalue weighted by Crippen LogP contribution is -2.30. The van der Waals surface area contributed by atoms with E-state index in [1.165, 1.54) is 0 Å². The van der Waals surface area contributed by atoms with E-state index in [9.17, 15) is 21.6 Å². The fourth-order valence-corrected chi connectivity index (χ4v) is 3.93. The zero-order valence-corrected chi connectivity index (χ0v) is 16.4. The fourth-order valence-electron chi connectivity index (χ4n) is 3.31. The van der Waals surface area contributed by atoms with Crippen molar-refractivity contribution in [3.05, 3.63) is 59.1 Å². The molecule has 10 heteroatoms. The van der Waals surface area contributed by atoms with Crippen LogP contribution in [-0.4, -0.2) is 25.5 Å². The quantitative estimate of drug-likeness (QED) is 0.412. The van der Waals surface area contributed by atoms with Gasteiger partial charge in [0, 0.05) is 22.6 Å². The summed E-state index contributed by atoms with van der Waals surface area (Å²) in [6.07, 6.45) is 1.44. The van der Waals surface area contributed by atoms with E-state index < -0.39 is 21.5 Å². The van der Waals surface area contributed by atoms with Gasteiger partial charge in [-0.15, -0.1) is 0 Å². The van der Waals surface area contributed by atoms with Gasteiger partial charge in [-0.1, -0.05) is 29.8 Å². The largest absolute Gasteiger partial charge is 0.534 e. The van der Waals surface area contributed by atoms with Gasteiger partial charge in [-0.05, 0) is 48.7 Å². The second-order valence-corrected chi connectivity index (χ2v) is 8.49. The van der Waals surface area contributed by atoms with E-state index in [1.54, 1.807) is 53.4 Å². The summed E-state index contributed by atoms with van der Waals surface area (Å²) < 4.78 is 66.5. The number of hydrogen-bond donors (Lipinski definition) is 0. The Balaban J connectivity index is 1.90. The van der Waals surface area contributed by atoms with E-state index in [2.05, 4.69) is 9.17 Å². The third-order valence-electron chi connectivity index (χ3n) is 4.59. The van der Waals surface area contributed by atoms with Crippen LogP contribution >= 0.6 is 11.6 Å². The Bertz CT molecular complexity index is 1200. The molecule has 1 aliphatic heterocycles. The average molecular weight is 443 g/mol. The summed E-state index contributed by atoms with van der Waals surface area (Å²) in [4.78, 5) is 5.77. The highest BCUT2D eigenvalue weighted by Gasteiger charge is 2.49. The van der Waals surface area contributed by atoms with E-state index in [4.69, 9.17) is 11.6 Å². The molecule has 0 fully saturated rings. The van der Waals surface area contributed by atoms with Crippen LogP contribution in [0, 0.1) is 0 Å². The Morgan fingerprint density at radius 2 is 1.83 bits per heavy atom. The van der Waals surface area contributed by atoms with E-state index in [-0.39, 0.29) is 5.69 Å². The molecule has 0 atom stereocenters. The van der Waals surface area contributed by atoms with Gasteiger partial charge in [0.2, 0.25) is 0 Å². The molecule has 0 aliphatic carbocycles. The zero-order valence-electron chi connectivity index (χ0n) is 14.8. The van der Waals surface area contributed by atoms with Crippen LogP contribution in [0.3, 0.4) is 0 Å². The molecule has 152 valence electrons. The van der Waals surface area contributed by atoms with Gasteiger partial charge in [0.25, 0.3) is 5.88 Å². The minimum Gasteiger partial charge on any atom is -0.353 e. The van der Waals surface area contributed by atoms with Gasteiger partial charge in [0.15, 0.2) is 0 Å². The number of hydrogen-bond acceptors (Lipinski definition) is 5. The lowest BCUT2D eigenvalue weighted by molar-refractivity contribution is -0.0501. The Morgan fingerprint density at radius 3 is 2.59 bits per heavy atom. The van der Waals surface area contributed by atoms with Gasteiger partial charge in [0.1, 0.15) is 5.69 Å². The van der Waals surface area contributed by atoms with E-state index in [1.807, 2.05) is 0 Å². The molecule has 0 saturated heterocycles. The lowest BCUT2D eigenvalue weighted by Gasteiger charge is -2.32. The highest BCUT2D eigenvalue weighted by atomic mass is 35.5. The molecule has 0 amide bonds. The zero-order chi connectivity index (χ0) is 20.8. The molecule has 29 heavy (non-hydrogen) atoms. The van der Waals surface area contributed by atoms with Crippen molar-refractivity contribution in [3.63, 3.8) is 0 Å². The second-order valence-electron chi connectivity index (χ2n) is 6.52. The second kappa shape index (κ2) is 7.07. The predicted molar refractivity (Wildman–Crippen MR) is 104 cm³/mol. The van der Waals surface area contributed by atoms with Crippen molar-refractivity contribution in [3.8, 4) is 5.88 Å². The number of aryl methyl sites for hydroxylation is 1. The van der Waals surface area contributed by atoms with Gasteiger partial charge < -0.3 is 9.08 Å². The molecule has 2 aromatic carbocycles. The molecule has 3 aromatic rings. The van der Waals surface area contributed by atoms with Crippen LogP contribution in [0.1, 0.15) is 12.0 Å². The van der Waals surface area contributed by atoms with Crippen LogP contribution in [0.25, 0.3) is 10.9 Å². The SMILES string of the molecule is O=S(=O)(Oc1nc2ccccc2cc1N1CCCc2cc(Cl)ccc21)C(F)(F)F. The number of anilines is 2. The van der Waals surface area contributed by atoms with Crippen molar-refractivity contribution in [1.82, 2.24) is 4.98 Å². The normalized spacial score (nSPS) is 14.7. The molecule has 0 saturated carbocycles. The van der Waals surface area contributed by atoms with Crippen LogP contribution in [0.2, 0.25) is 5.02 Å². The number of alkyl halides is 3. The smallest absolute Gasteiger partial charge is 0.353 e. The standard InChI is InChI=1S/C19H14ClF3N2O3S/c20-14-7-8-16-13(10-14)5-3-9-25(16)17-11-12-4-1-2-6-15(12)24-18(17)28-29(26,27)19(21,22)23/h1-2,4,6-8,10-11H,3,5,9H2. The van der Waals surface area contributed by atoms with Crippen molar-refractivity contribution in [1.29, 1.82) is 0 Å². The highest BCUT2D eigenvalue weighted by molar-refractivity contribution is 7.88. The van der Waals surface area contributed by atoms with Crippen molar-refractivity contribution < 1.29 is 25.8 Å². The fraction of sp³-hybridized carbons (Fsp3) is 0.211.